The van der Waals surface area contributed by atoms with Crippen LogP contribution >= 0.6 is 22.9 Å². The number of rotatable bonds is 9. The molecule has 0 aliphatic heterocycles. The fraction of sp³-hybridized carbons (Fsp3) is 0.103. The van der Waals surface area contributed by atoms with Gasteiger partial charge in [-0.05, 0) is 59.0 Å². The van der Waals surface area contributed by atoms with Crippen molar-refractivity contribution in [1.29, 1.82) is 5.26 Å². The van der Waals surface area contributed by atoms with E-state index in [0.717, 1.165) is 27.7 Å². The van der Waals surface area contributed by atoms with Crippen LogP contribution < -0.4 is 15.4 Å². The number of nitrogens with zero attached hydrogens (tertiary/aromatic N) is 2. The molecule has 0 saturated heterocycles. The van der Waals surface area contributed by atoms with E-state index in [4.69, 9.17) is 21.4 Å². The van der Waals surface area contributed by atoms with Crippen LogP contribution in [0.5, 0.6) is 11.5 Å². The van der Waals surface area contributed by atoms with Crippen molar-refractivity contribution in [3.05, 3.63) is 99.8 Å². The summed E-state index contributed by atoms with van der Waals surface area (Å²) in [5.74, 6) is 1.25. The molecule has 2 aromatic heterocycles. The number of halogens is 1. The number of nitrogens with one attached hydrogen (secondary N) is 2. The summed E-state index contributed by atoms with van der Waals surface area (Å²) in [5, 5.41) is 28.7. The van der Waals surface area contributed by atoms with Crippen molar-refractivity contribution in [2.24, 2.45) is 0 Å². The number of benzene rings is 3. The Labute approximate surface area is 223 Å². The average Bonchev–Trinajstić information content (AvgIpc) is 3.40. The first-order chi connectivity index (χ1) is 18.1. The number of hydrogen-bond acceptors (Lipinski definition) is 7. The van der Waals surface area contributed by atoms with Crippen LogP contribution in [0.1, 0.15) is 10.4 Å². The van der Waals surface area contributed by atoms with Crippen molar-refractivity contribution in [2.45, 2.75) is 6.54 Å². The number of thiophene rings is 1. The Bertz CT molecular complexity index is 1580. The van der Waals surface area contributed by atoms with Gasteiger partial charge in [-0.15, -0.1) is 11.3 Å². The molecule has 0 saturated carbocycles. The Balaban J connectivity index is 1.41. The summed E-state index contributed by atoms with van der Waals surface area (Å²) in [6, 6.07) is 25.3. The first-order valence-corrected chi connectivity index (χ1v) is 12.9. The van der Waals surface area contributed by atoms with Gasteiger partial charge in [0.05, 0.1) is 28.4 Å². The quantitative estimate of drug-likeness (QED) is 0.177. The smallest absolute Gasteiger partial charge is 0.146 e. The van der Waals surface area contributed by atoms with Crippen molar-refractivity contribution in [2.75, 3.05) is 18.5 Å². The highest BCUT2D eigenvalue weighted by Gasteiger charge is 2.13. The van der Waals surface area contributed by atoms with E-state index in [1.807, 2.05) is 54.6 Å². The van der Waals surface area contributed by atoms with E-state index < -0.39 is 0 Å². The highest BCUT2D eigenvalue weighted by molar-refractivity contribution is 7.10. The normalized spacial score (nSPS) is 10.8. The lowest BCUT2D eigenvalue weighted by atomic mass is 10.0. The molecule has 0 bridgehead atoms. The molecule has 0 aliphatic carbocycles. The van der Waals surface area contributed by atoms with Crippen LogP contribution in [-0.4, -0.2) is 23.2 Å². The second-order valence-electron chi connectivity index (χ2n) is 8.28. The van der Waals surface area contributed by atoms with E-state index in [9.17, 15) is 5.26 Å². The molecule has 3 aromatic carbocycles. The minimum atomic E-state index is 0.118. The summed E-state index contributed by atoms with van der Waals surface area (Å²) >= 11 is 8.18. The Morgan fingerprint density at radius 3 is 2.68 bits per heavy atom. The second kappa shape index (κ2) is 11.4. The van der Waals surface area contributed by atoms with E-state index in [1.165, 1.54) is 4.88 Å². The monoisotopic (exact) mass is 526 g/mol. The fourth-order valence-electron chi connectivity index (χ4n) is 3.93. The van der Waals surface area contributed by atoms with Gasteiger partial charge in [0.15, 0.2) is 0 Å². The van der Waals surface area contributed by atoms with Gasteiger partial charge in [0.25, 0.3) is 0 Å². The van der Waals surface area contributed by atoms with Crippen molar-refractivity contribution >= 4 is 45.2 Å². The van der Waals surface area contributed by atoms with Gasteiger partial charge in [-0.3, -0.25) is 4.98 Å². The highest BCUT2D eigenvalue weighted by atomic mass is 35.5. The predicted octanol–water partition coefficient (Wildman–Crippen LogP) is 7.11. The third kappa shape index (κ3) is 5.74. The van der Waals surface area contributed by atoms with Crippen LogP contribution in [0.15, 0.2) is 84.4 Å². The Kier molecular flexibility index (Phi) is 7.64. The van der Waals surface area contributed by atoms with Crippen molar-refractivity contribution in [1.82, 2.24) is 10.3 Å². The average molecular weight is 527 g/mol. The summed E-state index contributed by atoms with van der Waals surface area (Å²) in [6.45, 7) is 1.40. The summed E-state index contributed by atoms with van der Waals surface area (Å²) in [6.07, 6.45) is 1.58. The minimum Gasteiger partial charge on any atom is -0.456 e. The van der Waals surface area contributed by atoms with E-state index in [0.29, 0.717) is 40.9 Å². The molecule has 0 spiro atoms. The summed E-state index contributed by atoms with van der Waals surface area (Å²) in [7, 11) is 0. The van der Waals surface area contributed by atoms with Crippen molar-refractivity contribution in [3.8, 4) is 28.7 Å². The van der Waals surface area contributed by atoms with Gasteiger partial charge < -0.3 is 20.5 Å². The number of aliphatic hydroxyl groups is 1. The number of aliphatic hydroxyl groups excluding tert-OH is 1. The number of ether oxygens (including phenoxy) is 1. The number of pyridine rings is 1. The van der Waals surface area contributed by atoms with E-state index in [2.05, 4.69) is 33.1 Å². The first kappa shape index (κ1) is 24.8. The molecule has 5 aromatic rings. The molecule has 37 heavy (non-hydrogen) atoms. The Hall–Kier alpha value is -3.93. The minimum absolute atomic E-state index is 0.118. The zero-order valence-electron chi connectivity index (χ0n) is 19.7. The second-order valence-corrected chi connectivity index (χ2v) is 9.68. The molecule has 0 amide bonds. The lowest BCUT2D eigenvalue weighted by Gasteiger charge is -2.14. The molecule has 8 heteroatoms. The topological polar surface area (TPSA) is 90.2 Å². The summed E-state index contributed by atoms with van der Waals surface area (Å²) < 4.78 is 5.88. The third-order valence-electron chi connectivity index (χ3n) is 5.74. The Morgan fingerprint density at radius 2 is 1.89 bits per heavy atom. The molecule has 5 rings (SSSR count). The van der Waals surface area contributed by atoms with E-state index in [1.54, 1.807) is 29.7 Å². The SMILES string of the molecule is N#Cc1cnc2cc(-c3csc(CNCCO)c3)ccc2c1Nc1ccc(Oc2ccccc2)c(Cl)c1. The molecule has 2 heterocycles. The molecular formula is C29H23ClN4O2S. The maximum atomic E-state index is 9.75. The van der Waals surface area contributed by atoms with Gasteiger partial charge in [-0.25, -0.2) is 0 Å². The van der Waals surface area contributed by atoms with Crippen LogP contribution in [0.3, 0.4) is 0 Å². The number of hydrogen-bond donors (Lipinski definition) is 3. The Morgan fingerprint density at radius 1 is 1.03 bits per heavy atom. The number of anilines is 2. The van der Waals surface area contributed by atoms with Crippen LogP contribution in [0.4, 0.5) is 11.4 Å². The van der Waals surface area contributed by atoms with Crippen LogP contribution in [-0.2, 0) is 6.54 Å². The number of nitriles is 1. The molecule has 0 atom stereocenters. The number of para-hydroxylation sites is 1. The highest BCUT2D eigenvalue weighted by Crippen LogP contribution is 2.36. The summed E-state index contributed by atoms with van der Waals surface area (Å²) in [5.41, 5.74) is 4.77. The summed E-state index contributed by atoms with van der Waals surface area (Å²) in [4.78, 5) is 5.73. The number of fused-ring (bicyclic) bond motifs is 1. The van der Waals surface area contributed by atoms with Crippen LogP contribution in [0, 0.1) is 11.3 Å². The molecule has 3 N–H and O–H groups in total. The standard InChI is InChI=1S/C29H23ClN4O2S/c30-26-14-22(7-9-28(26)36-23-4-2-1-3-5-23)34-29-21(15-31)16-33-27-13-19(6-8-25(27)29)20-12-24(37-18-20)17-32-10-11-35/h1-9,12-14,16,18,32,35H,10-11,17H2,(H,33,34). The maximum Gasteiger partial charge on any atom is 0.146 e. The van der Waals surface area contributed by atoms with Gasteiger partial charge in [-0.2, -0.15) is 5.26 Å². The maximum absolute atomic E-state index is 9.75. The van der Waals surface area contributed by atoms with Crippen molar-refractivity contribution in [3.63, 3.8) is 0 Å². The molecular weight excluding hydrogens is 504 g/mol. The lowest BCUT2D eigenvalue weighted by molar-refractivity contribution is 0.292. The van der Waals surface area contributed by atoms with Crippen LogP contribution in [0.2, 0.25) is 5.02 Å². The van der Waals surface area contributed by atoms with Gasteiger partial charge in [0.2, 0.25) is 0 Å². The van der Waals surface area contributed by atoms with Gasteiger partial charge in [-0.1, -0.05) is 41.9 Å². The van der Waals surface area contributed by atoms with Gasteiger partial charge >= 0.3 is 0 Å². The molecule has 0 aliphatic rings. The largest absolute Gasteiger partial charge is 0.456 e. The molecule has 184 valence electrons. The molecule has 0 fully saturated rings. The van der Waals surface area contributed by atoms with Gasteiger partial charge in [0, 0.05) is 35.2 Å². The third-order valence-corrected chi connectivity index (χ3v) is 6.97. The van der Waals surface area contributed by atoms with Crippen molar-refractivity contribution < 1.29 is 9.84 Å². The molecule has 0 radical (unpaired) electrons. The van der Waals surface area contributed by atoms with E-state index >= 15 is 0 Å². The van der Waals surface area contributed by atoms with E-state index in [-0.39, 0.29) is 6.61 Å². The zero-order chi connectivity index (χ0) is 25.6. The first-order valence-electron chi connectivity index (χ1n) is 11.7. The lowest BCUT2D eigenvalue weighted by Crippen LogP contribution is -2.16. The molecule has 0 unspecified atom stereocenters. The molecule has 6 nitrogen and oxygen atoms in total. The predicted molar refractivity (Wildman–Crippen MR) is 150 cm³/mol. The van der Waals surface area contributed by atoms with Gasteiger partial charge in [0.1, 0.15) is 17.6 Å². The zero-order valence-corrected chi connectivity index (χ0v) is 21.3. The van der Waals surface area contributed by atoms with Crippen LogP contribution in [0.25, 0.3) is 22.0 Å². The fourth-order valence-corrected chi connectivity index (χ4v) is 5.01. The number of aromatic nitrogens is 1.